The van der Waals surface area contributed by atoms with Crippen molar-refractivity contribution in [2.75, 3.05) is 32.1 Å². The zero-order chi connectivity index (χ0) is 22.6. The Labute approximate surface area is 186 Å². The third kappa shape index (κ3) is 3.43. The van der Waals surface area contributed by atoms with Gasteiger partial charge in [0, 0.05) is 68.3 Å². The van der Waals surface area contributed by atoms with Crippen LogP contribution >= 0.6 is 0 Å². The molecule has 0 N–H and O–H groups in total. The average molecular weight is 430 g/mol. The molecule has 164 valence electrons. The maximum absolute atomic E-state index is 12.8. The lowest BCUT2D eigenvalue weighted by Gasteiger charge is -2.23. The van der Waals surface area contributed by atoms with Crippen molar-refractivity contribution in [3.63, 3.8) is 0 Å². The second kappa shape index (κ2) is 7.51. The Balaban J connectivity index is 1.49. The van der Waals surface area contributed by atoms with Crippen LogP contribution in [0.5, 0.6) is 0 Å². The Hall–Kier alpha value is -3.61. The summed E-state index contributed by atoms with van der Waals surface area (Å²) in [7, 11) is 4.07. The molecule has 3 aromatic heterocycles. The van der Waals surface area contributed by atoms with Crippen LogP contribution in [0.1, 0.15) is 17.8 Å². The molecule has 1 aliphatic heterocycles. The number of nitrogens with zero attached hydrogens (tertiary/aromatic N) is 5. The van der Waals surface area contributed by atoms with Crippen LogP contribution in [0.3, 0.4) is 0 Å². The van der Waals surface area contributed by atoms with Gasteiger partial charge in [0.05, 0.1) is 22.6 Å². The van der Waals surface area contributed by atoms with Crippen molar-refractivity contribution in [2.24, 2.45) is 5.92 Å². The fraction of sp³-hybridized carbons (Fsp3) is 0.320. The minimum absolute atomic E-state index is 0.388. The van der Waals surface area contributed by atoms with E-state index in [9.17, 15) is 4.79 Å². The van der Waals surface area contributed by atoms with E-state index >= 15 is 0 Å². The molecule has 7 nitrogen and oxygen atoms in total. The fourth-order valence-corrected chi connectivity index (χ4v) is 4.54. The highest BCUT2D eigenvalue weighted by atomic mass is 16.4. The molecule has 0 spiro atoms. The van der Waals surface area contributed by atoms with Crippen molar-refractivity contribution in [2.45, 2.75) is 20.3 Å². The monoisotopic (exact) mass is 429 g/mol. The van der Waals surface area contributed by atoms with Gasteiger partial charge >= 0.3 is 5.63 Å². The van der Waals surface area contributed by atoms with Gasteiger partial charge in [-0.05, 0) is 38.5 Å². The number of hydrogen-bond donors (Lipinski definition) is 0. The summed E-state index contributed by atoms with van der Waals surface area (Å²) < 4.78 is 7.64. The first-order valence-corrected chi connectivity index (χ1v) is 10.8. The number of benzene rings is 1. The molecule has 0 saturated carbocycles. The van der Waals surface area contributed by atoms with Gasteiger partial charge in [0.25, 0.3) is 0 Å². The Kier molecular flexibility index (Phi) is 4.77. The summed E-state index contributed by atoms with van der Waals surface area (Å²) in [6.07, 6.45) is 4.83. The summed E-state index contributed by atoms with van der Waals surface area (Å²) in [6.45, 7) is 9.95. The van der Waals surface area contributed by atoms with Gasteiger partial charge in [-0.1, -0.05) is 6.58 Å². The molecular weight excluding hydrogens is 402 g/mol. The van der Waals surface area contributed by atoms with Crippen molar-refractivity contribution < 1.29 is 4.42 Å². The van der Waals surface area contributed by atoms with Gasteiger partial charge in [0.15, 0.2) is 5.65 Å². The molecule has 0 bridgehead atoms. The number of aromatic nitrogens is 3. The van der Waals surface area contributed by atoms with Crippen LogP contribution in [0, 0.1) is 19.8 Å². The van der Waals surface area contributed by atoms with E-state index in [4.69, 9.17) is 4.42 Å². The number of anilines is 1. The summed E-state index contributed by atoms with van der Waals surface area (Å²) in [6, 6.07) is 7.93. The van der Waals surface area contributed by atoms with Crippen LogP contribution in [-0.2, 0) is 0 Å². The zero-order valence-electron chi connectivity index (χ0n) is 18.9. The van der Waals surface area contributed by atoms with Crippen molar-refractivity contribution in [1.82, 2.24) is 19.3 Å². The Morgan fingerprint density at radius 2 is 2.00 bits per heavy atom. The smallest absolute Gasteiger partial charge is 0.345 e. The van der Waals surface area contributed by atoms with E-state index in [2.05, 4.69) is 32.4 Å². The topological polar surface area (TPSA) is 66.9 Å². The first kappa shape index (κ1) is 20.3. The molecule has 1 fully saturated rings. The van der Waals surface area contributed by atoms with Crippen LogP contribution in [0.4, 0.5) is 5.69 Å². The average Bonchev–Trinajstić information content (AvgIpc) is 3.39. The van der Waals surface area contributed by atoms with Crippen LogP contribution in [0.2, 0.25) is 0 Å². The molecule has 4 heterocycles. The van der Waals surface area contributed by atoms with Gasteiger partial charge in [-0.25, -0.2) is 9.78 Å². The predicted molar refractivity (Wildman–Crippen MR) is 127 cm³/mol. The number of fused-ring (bicyclic) bond motifs is 2. The summed E-state index contributed by atoms with van der Waals surface area (Å²) in [5, 5.41) is 0.875. The summed E-state index contributed by atoms with van der Waals surface area (Å²) >= 11 is 0. The SMILES string of the molecule is C=C(C1CCN(c2ccc3cc(-c4cn5cc(C)nc(C)c5n4)c(=O)oc3c2)C1)N(C)C. The molecule has 5 rings (SSSR count). The molecule has 1 aliphatic rings. The van der Waals surface area contributed by atoms with E-state index in [0.29, 0.717) is 22.8 Å². The maximum Gasteiger partial charge on any atom is 0.345 e. The molecule has 0 radical (unpaired) electrons. The summed E-state index contributed by atoms with van der Waals surface area (Å²) in [4.78, 5) is 26.4. The Morgan fingerprint density at radius 3 is 2.78 bits per heavy atom. The molecule has 1 unspecified atom stereocenters. The van der Waals surface area contributed by atoms with E-state index in [0.717, 1.165) is 53.3 Å². The lowest BCUT2D eigenvalue weighted by atomic mass is 10.1. The minimum Gasteiger partial charge on any atom is -0.422 e. The molecule has 4 aromatic rings. The molecular formula is C25H27N5O2. The number of hydrogen-bond acceptors (Lipinski definition) is 6. The molecule has 0 aliphatic carbocycles. The molecule has 1 aromatic carbocycles. The third-order valence-electron chi connectivity index (χ3n) is 6.32. The van der Waals surface area contributed by atoms with Gasteiger partial charge in [0.2, 0.25) is 0 Å². The second-order valence-electron chi connectivity index (χ2n) is 8.81. The molecule has 1 atom stereocenters. The first-order valence-electron chi connectivity index (χ1n) is 10.8. The molecule has 0 amide bonds. The normalized spacial score (nSPS) is 16.2. The van der Waals surface area contributed by atoms with Crippen molar-refractivity contribution in [3.05, 3.63) is 70.7 Å². The fourth-order valence-electron chi connectivity index (χ4n) is 4.54. The number of rotatable bonds is 4. The standard InChI is InChI=1S/C25H27N5O2/c1-15-12-30-14-22(27-24(30)16(2)26-15)21-10-18-6-7-20(11-23(18)32-25(21)31)29-9-8-19(13-29)17(3)28(4)5/h6-7,10-12,14,19H,3,8-9,13H2,1-2,4-5H3. The maximum atomic E-state index is 12.8. The van der Waals surface area contributed by atoms with Crippen LogP contribution in [0.25, 0.3) is 27.9 Å². The van der Waals surface area contributed by atoms with Crippen LogP contribution in [0.15, 0.2) is 58.1 Å². The van der Waals surface area contributed by atoms with Gasteiger partial charge in [-0.3, -0.25) is 4.98 Å². The second-order valence-corrected chi connectivity index (χ2v) is 8.81. The molecule has 7 heteroatoms. The van der Waals surface area contributed by atoms with Gasteiger partial charge in [-0.2, -0.15) is 0 Å². The minimum atomic E-state index is -0.388. The highest BCUT2D eigenvalue weighted by Gasteiger charge is 2.26. The lowest BCUT2D eigenvalue weighted by molar-refractivity contribution is 0.435. The molecule has 1 saturated heterocycles. The highest BCUT2D eigenvalue weighted by Crippen LogP contribution is 2.31. The first-order chi connectivity index (χ1) is 15.3. The van der Waals surface area contributed by atoms with Crippen LogP contribution < -0.4 is 10.5 Å². The van der Waals surface area contributed by atoms with Gasteiger partial charge < -0.3 is 18.6 Å². The highest BCUT2D eigenvalue weighted by molar-refractivity contribution is 5.84. The number of imidazole rings is 1. The third-order valence-corrected chi connectivity index (χ3v) is 6.32. The van der Waals surface area contributed by atoms with E-state index in [1.165, 1.54) is 0 Å². The van der Waals surface area contributed by atoms with Crippen LogP contribution in [-0.4, -0.2) is 46.5 Å². The van der Waals surface area contributed by atoms with Crippen molar-refractivity contribution in [1.29, 1.82) is 0 Å². The quantitative estimate of drug-likeness (QED) is 0.457. The molecule has 32 heavy (non-hydrogen) atoms. The number of aryl methyl sites for hydroxylation is 2. The van der Waals surface area contributed by atoms with Gasteiger partial charge in [-0.15, -0.1) is 0 Å². The van der Waals surface area contributed by atoms with Crippen molar-refractivity contribution in [3.8, 4) is 11.3 Å². The van der Waals surface area contributed by atoms with E-state index < -0.39 is 0 Å². The van der Waals surface area contributed by atoms with E-state index in [1.54, 1.807) is 0 Å². The lowest BCUT2D eigenvalue weighted by Crippen LogP contribution is -2.23. The zero-order valence-corrected chi connectivity index (χ0v) is 18.9. The summed E-state index contributed by atoms with van der Waals surface area (Å²) in [5.74, 6) is 0.437. The Morgan fingerprint density at radius 1 is 1.19 bits per heavy atom. The van der Waals surface area contributed by atoms with Crippen molar-refractivity contribution >= 4 is 22.3 Å². The predicted octanol–water partition coefficient (Wildman–Crippen LogP) is 4.02. The van der Waals surface area contributed by atoms with Gasteiger partial charge in [0.1, 0.15) is 5.58 Å². The van der Waals surface area contributed by atoms with E-state index in [1.807, 2.05) is 62.9 Å². The Bertz CT molecular complexity index is 1420. The summed E-state index contributed by atoms with van der Waals surface area (Å²) in [5.41, 5.74) is 5.92. The van der Waals surface area contributed by atoms with E-state index in [-0.39, 0.29) is 5.63 Å². The largest absolute Gasteiger partial charge is 0.422 e.